The first-order chi connectivity index (χ1) is 7.90. The first-order valence-electron chi connectivity index (χ1n) is 5.43. The lowest BCUT2D eigenvalue weighted by Crippen LogP contribution is -1.95. The molecule has 84 valence electrons. The molecule has 0 fully saturated rings. The zero-order valence-corrected chi connectivity index (χ0v) is 9.08. The Morgan fingerprint density at radius 3 is 3.00 bits per heavy atom. The summed E-state index contributed by atoms with van der Waals surface area (Å²) in [6, 6.07) is 3.90. The number of rotatable bonds is 5. The number of nitrogens with zero attached hydrogens (tertiary/aromatic N) is 3. The minimum Gasteiger partial charge on any atom is -0.396 e. The summed E-state index contributed by atoms with van der Waals surface area (Å²) in [5, 5.41) is 8.69. The second-order valence-electron chi connectivity index (χ2n) is 3.67. The lowest BCUT2D eigenvalue weighted by Gasteiger charge is -1.99. The van der Waals surface area contributed by atoms with Crippen LogP contribution in [-0.4, -0.2) is 26.2 Å². The highest BCUT2D eigenvalue weighted by molar-refractivity contribution is 5.56. The van der Waals surface area contributed by atoms with Crippen molar-refractivity contribution >= 4 is 0 Å². The standard InChI is InChI=1S/C12H15N3O/c16-7-2-1-6-15-9-12(14-10-15)11-4-3-5-13-8-11/h3-5,8-10,16H,1-2,6-7H2. The number of pyridine rings is 1. The van der Waals surface area contributed by atoms with Crippen molar-refractivity contribution in [3.05, 3.63) is 37.1 Å². The Hall–Kier alpha value is -1.68. The van der Waals surface area contributed by atoms with Crippen molar-refractivity contribution in [2.24, 2.45) is 0 Å². The smallest absolute Gasteiger partial charge is 0.0953 e. The van der Waals surface area contributed by atoms with Crippen LogP contribution in [0.4, 0.5) is 0 Å². The van der Waals surface area contributed by atoms with E-state index in [1.54, 1.807) is 12.4 Å². The van der Waals surface area contributed by atoms with E-state index in [2.05, 4.69) is 9.97 Å². The van der Waals surface area contributed by atoms with Gasteiger partial charge in [0.2, 0.25) is 0 Å². The molecule has 0 radical (unpaired) electrons. The van der Waals surface area contributed by atoms with Crippen LogP contribution >= 0.6 is 0 Å². The van der Waals surface area contributed by atoms with Crippen LogP contribution in [0.15, 0.2) is 37.1 Å². The maximum Gasteiger partial charge on any atom is 0.0953 e. The van der Waals surface area contributed by atoms with E-state index in [1.807, 2.05) is 29.2 Å². The van der Waals surface area contributed by atoms with Gasteiger partial charge in [-0.25, -0.2) is 4.98 Å². The monoisotopic (exact) mass is 217 g/mol. The SMILES string of the molecule is OCCCCn1cnc(-c2cccnc2)c1. The second kappa shape index (κ2) is 5.42. The number of hydrogen-bond acceptors (Lipinski definition) is 3. The molecule has 0 spiro atoms. The fourth-order valence-electron chi connectivity index (χ4n) is 1.55. The van der Waals surface area contributed by atoms with Crippen molar-refractivity contribution in [1.29, 1.82) is 0 Å². The van der Waals surface area contributed by atoms with Gasteiger partial charge in [-0.15, -0.1) is 0 Å². The summed E-state index contributed by atoms with van der Waals surface area (Å²) in [6.07, 6.45) is 9.19. The van der Waals surface area contributed by atoms with Gasteiger partial charge in [0.05, 0.1) is 12.0 Å². The highest BCUT2D eigenvalue weighted by Gasteiger charge is 2.01. The predicted octanol–water partition coefficient (Wildman–Crippen LogP) is 1.72. The summed E-state index contributed by atoms with van der Waals surface area (Å²) >= 11 is 0. The molecule has 0 bridgehead atoms. The van der Waals surface area contributed by atoms with Crippen molar-refractivity contribution in [3.63, 3.8) is 0 Å². The van der Waals surface area contributed by atoms with Crippen LogP contribution in [0.3, 0.4) is 0 Å². The fourth-order valence-corrected chi connectivity index (χ4v) is 1.55. The van der Waals surface area contributed by atoms with Gasteiger partial charge in [0.15, 0.2) is 0 Å². The van der Waals surface area contributed by atoms with Gasteiger partial charge < -0.3 is 9.67 Å². The lowest BCUT2D eigenvalue weighted by molar-refractivity contribution is 0.281. The minimum absolute atomic E-state index is 0.254. The van der Waals surface area contributed by atoms with E-state index in [1.165, 1.54) is 0 Å². The molecule has 0 unspecified atom stereocenters. The maximum absolute atomic E-state index is 8.69. The Kier molecular flexibility index (Phi) is 3.66. The van der Waals surface area contributed by atoms with Crippen molar-refractivity contribution < 1.29 is 5.11 Å². The van der Waals surface area contributed by atoms with Gasteiger partial charge in [-0.1, -0.05) is 0 Å². The molecular weight excluding hydrogens is 202 g/mol. The van der Waals surface area contributed by atoms with Crippen LogP contribution < -0.4 is 0 Å². The van der Waals surface area contributed by atoms with Crippen molar-refractivity contribution in [2.75, 3.05) is 6.61 Å². The van der Waals surface area contributed by atoms with Gasteiger partial charge in [0.1, 0.15) is 0 Å². The molecular formula is C12H15N3O. The molecule has 1 N–H and O–H groups in total. The zero-order chi connectivity index (χ0) is 11.2. The van der Waals surface area contributed by atoms with Crippen molar-refractivity contribution in [3.8, 4) is 11.3 Å². The Balaban J connectivity index is 2.02. The maximum atomic E-state index is 8.69. The Bertz CT molecular complexity index is 425. The van der Waals surface area contributed by atoms with E-state index in [4.69, 9.17) is 5.11 Å². The molecule has 2 heterocycles. The quantitative estimate of drug-likeness (QED) is 0.776. The molecule has 4 nitrogen and oxygen atoms in total. The number of aliphatic hydroxyl groups excluding tert-OH is 1. The molecule has 0 aliphatic heterocycles. The van der Waals surface area contributed by atoms with Crippen molar-refractivity contribution in [1.82, 2.24) is 14.5 Å². The number of aryl methyl sites for hydroxylation is 1. The zero-order valence-electron chi connectivity index (χ0n) is 9.08. The molecule has 0 saturated heterocycles. The second-order valence-corrected chi connectivity index (χ2v) is 3.67. The largest absolute Gasteiger partial charge is 0.396 e. The summed E-state index contributed by atoms with van der Waals surface area (Å²) < 4.78 is 2.04. The van der Waals surface area contributed by atoms with Crippen LogP contribution in [0.5, 0.6) is 0 Å². The molecule has 4 heteroatoms. The van der Waals surface area contributed by atoms with Crippen LogP contribution in [0, 0.1) is 0 Å². The summed E-state index contributed by atoms with van der Waals surface area (Å²) in [4.78, 5) is 8.39. The average Bonchev–Trinajstić information content (AvgIpc) is 2.79. The number of imidazole rings is 1. The highest BCUT2D eigenvalue weighted by atomic mass is 16.2. The normalized spacial score (nSPS) is 10.6. The Labute approximate surface area is 94.6 Å². The molecule has 0 saturated carbocycles. The Morgan fingerprint density at radius 2 is 2.25 bits per heavy atom. The molecule has 0 aliphatic carbocycles. The van der Waals surface area contributed by atoms with E-state index < -0.39 is 0 Å². The van der Waals surface area contributed by atoms with Crippen LogP contribution in [0.25, 0.3) is 11.3 Å². The lowest BCUT2D eigenvalue weighted by atomic mass is 10.2. The van der Waals surface area contributed by atoms with Gasteiger partial charge in [0, 0.05) is 37.3 Å². The third kappa shape index (κ3) is 2.67. The van der Waals surface area contributed by atoms with Crippen LogP contribution in [-0.2, 0) is 6.54 Å². The predicted molar refractivity (Wildman–Crippen MR) is 61.8 cm³/mol. The number of aromatic nitrogens is 3. The first kappa shape index (κ1) is 10.8. The van der Waals surface area contributed by atoms with E-state index >= 15 is 0 Å². The molecule has 16 heavy (non-hydrogen) atoms. The van der Waals surface area contributed by atoms with E-state index in [0.717, 1.165) is 30.6 Å². The van der Waals surface area contributed by atoms with Gasteiger partial charge in [-0.2, -0.15) is 0 Å². The Morgan fingerprint density at radius 1 is 1.31 bits per heavy atom. The molecule has 2 aromatic heterocycles. The summed E-state index contributed by atoms with van der Waals surface area (Å²) in [7, 11) is 0. The topological polar surface area (TPSA) is 50.9 Å². The molecule has 0 aromatic carbocycles. The van der Waals surface area contributed by atoms with Crippen LogP contribution in [0.1, 0.15) is 12.8 Å². The number of aliphatic hydroxyl groups is 1. The number of hydrogen-bond donors (Lipinski definition) is 1. The van der Waals surface area contributed by atoms with E-state index in [-0.39, 0.29) is 6.61 Å². The van der Waals surface area contributed by atoms with E-state index in [9.17, 15) is 0 Å². The van der Waals surface area contributed by atoms with Gasteiger partial charge in [0.25, 0.3) is 0 Å². The summed E-state index contributed by atoms with van der Waals surface area (Å²) in [5.74, 6) is 0. The van der Waals surface area contributed by atoms with Crippen molar-refractivity contribution in [2.45, 2.75) is 19.4 Å². The molecule has 0 amide bonds. The minimum atomic E-state index is 0.254. The first-order valence-corrected chi connectivity index (χ1v) is 5.43. The highest BCUT2D eigenvalue weighted by Crippen LogP contribution is 2.14. The van der Waals surface area contributed by atoms with Crippen LogP contribution in [0.2, 0.25) is 0 Å². The van der Waals surface area contributed by atoms with Gasteiger partial charge in [-0.3, -0.25) is 4.98 Å². The summed E-state index contributed by atoms with van der Waals surface area (Å²) in [5.41, 5.74) is 1.97. The summed E-state index contributed by atoms with van der Waals surface area (Å²) in [6.45, 7) is 1.15. The fraction of sp³-hybridized carbons (Fsp3) is 0.333. The van der Waals surface area contributed by atoms with Gasteiger partial charge >= 0.3 is 0 Å². The third-order valence-corrected chi connectivity index (χ3v) is 2.41. The number of unbranched alkanes of at least 4 members (excludes halogenated alkanes) is 1. The van der Waals surface area contributed by atoms with E-state index in [0.29, 0.717) is 0 Å². The molecule has 2 rings (SSSR count). The molecule has 0 atom stereocenters. The average molecular weight is 217 g/mol. The molecule has 2 aromatic rings. The van der Waals surface area contributed by atoms with Gasteiger partial charge in [-0.05, 0) is 25.0 Å². The molecule has 0 aliphatic rings. The third-order valence-electron chi connectivity index (χ3n) is 2.41.